The molecule has 0 bridgehead atoms. The number of piperidine rings is 1. The lowest BCUT2D eigenvalue weighted by Crippen LogP contribution is -2.63. The summed E-state index contributed by atoms with van der Waals surface area (Å²) in [5, 5.41) is 20.2. The molecule has 4 aliphatic heterocycles. The number of nitrogens with one attached hydrogen (secondary N) is 2. The van der Waals surface area contributed by atoms with Gasteiger partial charge in [0.1, 0.15) is 17.2 Å². The van der Waals surface area contributed by atoms with E-state index in [-0.39, 0.29) is 6.04 Å². The number of nitrogens with zero attached hydrogens (tertiary/aromatic N) is 6. The monoisotopic (exact) mass is 558 g/mol. The molecule has 3 aromatic heterocycles. The average Bonchev–Trinajstić information content (AvgIpc) is 3.82. The second-order valence-corrected chi connectivity index (χ2v) is 11.1. The minimum Gasteiger partial charge on any atom is -0.456 e. The number of aromatic nitrogens is 4. The molecule has 0 saturated carbocycles. The van der Waals surface area contributed by atoms with Gasteiger partial charge < -0.3 is 24.1 Å². The minimum absolute atomic E-state index is 0.116. The molecule has 3 saturated heterocycles. The van der Waals surface area contributed by atoms with Crippen LogP contribution in [0.1, 0.15) is 37.1 Å². The van der Waals surface area contributed by atoms with Gasteiger partial charge in [-0.3, -0.25) is 15.3 Å². The molecule has 12 nitrogen and oxygen atoms in total. The van der Waals surface area contributed by atoms with Gasteiger partial charge in [0, 0.05) is 31.1 Å². The van der Waals surface area contributed by atoms with Crippen LogP contribution in [0.25, 0.3) is 16.7 Å². The van der Waals surface area contributed by atoms with E-state index < -0.39 is 12.0 Å². The first-order chi connectivity index (χ1) is 20.3. The van der Waals surface area contributed by atoms with Crippen LogP contribution in [0.15, 0.2) is 58.7 Å². The van der Waals surface area contributed by atoms with Gasteiger partial charge in [-0.1, -0.05) is 6.08 Å². The van der Waals surface area contributed by atoms with Crippen LogP contribution in [0.4, 0.5) is 0 Å². The Morgan fingerprint density at radius 1 is 1.00 bits per heavy atom. The van der Waals surface area contributed by atoms with Gasteiger partial charge in [-0.2, -0.15) is 0 Å². The van der Waals surface area contributed by atoms with Crippen LogP contribution in [0.5, 0.6) is 0 Å². The van der Waals surface area contributed by atoms with Crippen molar-refractivity contribution in [3.05, 3.63) is 65.5 Å². The van der Waals surface area contributed by atoms with Crippen LogP contribution < -0.4 is 10.6 Å². The highest BCUT2D eigenvalue weighted by Gasteiger charge is 2.61. The second kappa shape index (κ2) is 10.4. The average molecular weight is 559 g/mol. The summed E-state index contributed by atoms with van der Waals surface area (Å²) < 4.78 is 24.9. The van der Waals surface area contributed by atoms with Gasteiger partial charge in [-0.25, -0.2) is 9.99 Å². The molecule has 12 heteroatoms. The van der Waals surface area contributed by atoms with Crippen LogP contribution in [-0.2, 0) is 19.9 Å². The summed E-state index contributed by atoms with van der Waals surface area (Å²) in [6.45, 7) is 4.69. The second-order valence-electron chi connectivity index (χ2n) is 11.1. The van der Waals surface area contributed by atoms with Crippen molar-refractivity contribution in [3.8, 4) is 0 Å². The Morgan fingerprint density at radius 2 is 1.95 bits per heavy atom. The largest absolute Gasteiger partial charge is 0.456 e. The van der Waals surface area contributed by atoms with Gasteiger partial charge >= 0.3 is 0 Å². The molecule has 0 radical (unpaired) electrons. The highest BCUT2D eigenvalue weighted by atomic mass is 16.6. The quantitative estimate of drug-likeness (QED) is 0.446. The van der Waals surface area contributed by atoms with Crippen molar-refractivity contribution in [3.63, 3.8) is 0 Å². The number of morpholine rings is 1. The van der Waals surface area contributed by atoms with Crippen molar-refractivity contribution >= 4 is 16.7 Å². The van der Waals surface area contributed by atoms with E-state index in [1.165, 1.54) is 18.4 Å². The summed E-state index contributed by atoms with van der Waals surface area (Å²) in [5.74, 6) is 1.32. The number of hydrogen-bond acceptors (Lipinski definition) is 12. The normalized spacial score (nSPS) is 30.9. The first-order valence-corrected chi connectivity index (χ1v) is 14.7. The Labute approximate surface area is 237 Å². The molecule has 41 heavy (non-hydrogen) atoms. The Kier molecular flexibility index (Phi) is 6.45. The fraction of sp³-hybridized carbons (Fsp3) is 0.517. The minimum atomic E-state index is -1.18. The van der Waals surface area contributed by atoms with Crippen LogP contribution >= 0.6 is 0 Å². The first kappa shape index (κ1) is 25.3. The van der Waals surface area contributed by atoms with Crippen LogP contribution in [0.3, 0.4) is 0 Å². The Morgan fingerprint density at radius 3 is 2.80 bits per heavy atom. The molecule has 0 aromatic carbocycles. The number of hydrogen-bond donors (Lipinski definition) is 2. The van der Waals surface area contributed by atoms with Crippen LogP contribution in [-0.4, -0.2) is 88.6 Å². The van der Waals surface area contributed by atoms with Gasteiger partial charge in [0.15, 0.2) is 18.2 Å². The van der Waals surface area contributed by atoms with Gasteiger partial charge in [-0.05, 0) is 68.0 Å². The topological polar surface area (TPSA) is 123 Å². The van der Waals surface area contributed by atoms with E-state index in [0.29, 0.717) is 51.1 Å². The predicted octanol–water partition coefficient (Wildman–Crippen LogP) is 2.15. The van der Waals surface area contributed by atoms with Gasteiger partial charge in [0.2, 0.25) is 0 Å². The molecule has 7 heterocycles. The Hall–Kier alpha value is -3.42. The Bertz CT molecular complexity index is 1470. The third-order valence-corrected chi connectivity index (χ3v) is 8.84. The van der Waals surface area contributed by atoms with E-state index >= 15 is 0 Å². The van der Waals surface area contributed by atoms with E-state index in [9.17, 15) is 0 Å². The molecule has 1 aliphatic carbocycles. The molecule has 214 valence electrons. The van der Waals surface area contributed by atoms with Crippen molar-refractivity contribution in [1.82, 2.24) is 41.0 Å². The third kappa shape index (κ3) is 4.16. The van der Waals surface area contributed by atoms with Gasteiger partial charge in [-0.15, -0.1) is 5.10 Å². The highest BCUT2D eigenvalue weighted by molar-refractivity contribution is 5.74. The smallest absolute Gasteiger partial charge is 0.279 e. The fourth-order valence-electron chi connectivity index (χ4n) is 7.02. The molecule has 4 atom stereocenters. The molecule has 2 N–H and O–H groups in total. The summed E-state index contributed by atoms with van der Waals surface area (Å²) in [4.78, 5) is 9.69. The summed E-state index contributed by atoms with van der Waals surface area (Å²) in [6.07, 6.45) is 9.89. The number of allylic oxidation sites excluding steroid dienone is 1. The van der Waals surface area contributed by atoms with Crippen molar-refractivity contribution in [1.29, 1.82) is 0 Å². The van der Waals surface area contributed by atoms with Crippen molar-refractivity contribution in [2.45, 2.75) is 43.7 Å². The highest BCUT2D eigenvalue weighted by Crippen LogP contribution is 2.52. The summed E-state index contributed by atoms with van der Waals surface area (Å²) >= 11 is 0. The zero-order chi connectivity index (χ0) is 27.2. The van der Waals surface area contributed by atoms with E-state index in [1.54, 1.807) is 12.5 Å². The van der Waals surface area contributed by atoms with E-state index in [0.717, 1.165) is 47.6 Å². The lowest BCUT2D eigenvalue weighted by Gasteiger charge is -2.48. The molecule has 5 aliphatic rings. The van der Waals surface area contributed by atoms with Crippen LogP contribution in [0.2, 0.25) is 0 Å². The van der Waals surface area contributed by atoms with E-state index in [4.69, 9.17) is 23.7 Å². The number of ether oxygens (including phenoxy) is 3. The number of fused-ring (bicyclic) bond motifs is 2. The van der Waals surface area contributed by atoms with Crippen LogP contribution in [0, 0.1) is 5.92 Å². The predicted molar refractivity (Wildman–Crippen MR) is 147 cm³/mol. The maximum absolute atomic E-state index is 7.40. The summed E-state index contributed by atoms with van der Waals surface area (Å²) in [5.41, 5.74) is 3.96. The van der Waals surface area contributed by atoms with Crippen molar-refractivity contribution in [2.75, 3.05) is 46.0 Å². The fourth-order valence-corrected chi connectivity index (χ4v) is 7.02. The Balaban J connectivity index is 1.37. The molecule has 4 unspecified atom stereocenters. The van der Waals surface area contributed by atoms with Crippen molar-refractivity contribution < 1.29 is 18.7 Å². The molecule has 0 spiro atoms. The molecular formula is C29H34N8O4. The summed E-state index contributed by atoms with van der Waals surface area (Å²) in [7, 11) is 0. The molecule has 8 rings (SSSR count). The van der Waals surface area contributed by atoms with Gasteiger partial charge in [0.05, 0.1) is 36.9 Å². The van der Waals surface area contributed by atoms with E-state index in [2.05, 4.69) is 42.1 Å². The third-order valence-electron chi connectivity index (χ3n) is 8.84. The number of pyridine rings is 2. The zero-order valence-electron chi connectivity index (χ0n) is 22.9. The lowest BCUT2D eigenvalue weighted by molar-refractivity contribution is -0.243. The van der Waals surface area contributed by atoms with Crippen molar-refractivity contribution in [2.24, 2.45) is 5.92 Å². The first-order valence-electron chi connectivity index (χ1n) is 14.7. The molecular weight excluding hydrogens is 524 g/mol. The maximum Gasteiger partial charge on any atom is 0.279 e. The maximum atomic E-state index is 7.40. The summed E-state index contributed by atoms with van der Waals surface area (Å²) in [6, 6.07) is 7.78. The standard InChI is InChI=1S/C29H34N8O4/c1-2-5-20-19(4-1)9-11-31-25(20)27-26(23-18-40-35-34-23)37(36-13-16-38-17-14-36)29(41-27,28-32-12-15-39-28)24-8-7-21-22(33-24)6-3-10-30-21/h3,5-8,10,18-19,25,28,31-32H,1-2,4,9,11-17H2. The van der Waals surface area contributed by atoms with E-state index in [1.807, 2.05) is 24.3 Å². The molecule has 3 aromatic rings. The lowest BCUT2D eigenvalue weighted by atomic mass is 9.78. The number of rotatable bonds is 5. The van der Waals surface area contributed by atoms with Gasteiger partial charge in [0.25, 0.3) is 5.72 Å². The molecule has 0 amide bonds. The zero-order valence-corrected chi connectivity index (χ0v) is 22.9. The SMILES string of the molecule is C1=C2C(CCC1)CCNC2C1=C(c2conn2)N(N2CCOCC2)C(c2ccc3ncccc3n2)(C2NCCO2)O1. The molecule has 3 fully saturated rings. The number of hydrazine groups is 1.